The van der Waals surface area contributed by atoms with E-state index in [-0.39, 0.29) is 11.4 Å². The molecule has 0 spiro atoms. The summed E-state index contributed by atoms with van der Waals surface area (Å²) < 4.78 is 8.88. The van der Waals surface area contributed by atoms with Crippen LogP contribution in [0.2, 0.25) is 0 Å². The molecule has 22 heavy (non-hydrogen) atoms. The van der Waals surface area contributed by atoms with Crippen LogP contribution in [0.4, 0.5) is 4.79 Å². The Kier molecular flexibility index (Phi) is 4.46. The van der Waals surface area contributed by atoms with Crippen molar-refractivity contribution in [3.63, 3.8) is 0 Å². The van der Waals surface area contributed by atoms with E-state index in [9.17, 15) is 9.59 Å². The van der Waals surface area contributed by atoms with Crippen LogP contribution < -0.4 is 10.1 Å². The van der Waals surface area contributed by atoms with Crippen LogP contribution >= 0.6 is 11.5 Å². The van der Waals surface area contributed by atoms with Crippen LogP contribution in [0.25, 0.3) is 10.4 Å². The number of aromatic nitrogens is 1. The van der Waals surface area contributed by atoms with Crippen LogP contribution in [-0.2, 0) is 0 Å². The highest BCUT2D eigenvalue weighted by Gasteiger charge is 2.26. The molecule has 0 aliphatic heterocycles. The molecule has 1 aromatic carbocycles. The highest BCUT2D eigenvalue weighted by atomic mass is 32.1. The topological polar surface area (TPSA) is 88.5 Å². The summed E-state index contributed by atoms with van der Waals surface area (Å²) in [6.45, 7) is 5.48. The molecule has 1 heterocycles. The van der Waals surface area contributed by atoms with Gasteiger partial charge in [0.25, 0.3) is 5.91 Å². The van der Waals surface area contributed by atoms with E-state index >= 15 is 0 Å². The maximum absolute atomic E-state index is 12.3. The summed E-state index contributed by atoms with van der Waals surface area (Å²) in [4.78, 5) is 23.7. The van der Waals surface area contributed by atoms with Crippen molar-refractivity contribution in [2.75, 3.05) is 0 Å². The molecule has 0 atom stereocenters. The van der Waals surface area contributed by atoms with Gasteiger partial charge in [-0.25, -0.2) is 4.79 Å². The number of nitrogens with zero attached hydrogens (tertiary/aromatic N) is 1. The first-order chi connectivity index (χ1) is 10.3. The van der Waals surface area contributed by atoms with Gasteiger partial charge in [0, 0.05) is 5.54 Å². The zero-order chi connectivity index (χ0) is 16.3. The van der Waals surface area contributed by atoms with Gasteiger partial charge in [0.15, 0.2) is 11.4 Å². The third-order valence-corrected chi connectivity index (χ3v) is 3.46. The van der Waals surface area contributed by atoms with Gasteiger partial charge in [-0.15, -0.1) is 0 Å². The van der Waals surface area contributed by atoms with Gasteiger partial charge in [0.05, 0.1) is 4.88 Å². The highest BCUT2D eigenvalue weighted by molar-refractivity contribution is 7.10. The smallest absolute Gasteiger partial charge is 0.449 e. The molecule has 1 amide bonds. The molecule has 2 rings (SSSR count). The molecule has 0 aliphatic rings. The van der Waals surface area contributed by atoms with Gasteiger partial charge in [-0.3, -0.25) is 4.79 Å². The van der Waals surface area contributed by atoms with Crippen molar-refractivity contribution in [3.8, 4) is 16.2 Å². The Morgan fingerprint density at radius 1 is 1.23 bits per heavy atom. The van der Waals surface area contributed by atoms with E-state index in [1.165, 1.54) is 0 Å². The van der Waals surface area contributed by atoms with Gasteiger partial charge in [-0.2, -0.15) is 4.37 Å². The number of carbonyl (C=O) groups is 2. The Labute approximate surface area is 131 Å². The fourth-order valence-corrected chi connectivity index (χ4v) is 2.59. The van der Waals surface area contributed by atoms with Gasteiger partial charge in [-0.1, -0.05) is 30.3 Å². The quantitative estimate of drug-likeness (QED) is 0.846. The minimum Gasteiger partial charge on any atom is -0.449 e. The Morgan fingerprint density at radius 3 is 2.41 bits per heavy atom. The van der Waals surface area contributed by atoms with Crippen molar-refractivity contribution in [1.29, 1.82) is 0 Å². The van der Waals surface area contributed by atoms with E-state index in [0.717, 1.165) is 17.1 Å². The van der Waals surface area contributed by atoms with Crippen molar-refractivity contribution in [1.82, 2.24) is 9.69 Å². The first kappa shape index (κ1) is 16.0. The number of amides is 1. The summed E-state index contributed by atoms with van der Waals surface area (Å²) in [7, 11) is 0. The van der Waals surface area contributed by atoms with Crippen molar-refractivity contribution in [2.45, 2.75) is 26.3 Å². The largest absolute Gasteiger partial charge is 0.511 e. The summed E-state index contributed by atoms with van der Waals surface area (Å²) >= 11 is 1.03. The molecule has 0 saturated heterocycles. The zero-order valence-electron chi connectivity index (χ0n) is 12.4. The van der Waals surface area contributed by atoms with Gasteiger partial charge < -0.3 is 15.2 Å². The molecule has 0 saturated carbocycles. The minimum atomic E-state index is -1.48. The molecule has 1 aromatic heterocycles. The number of nitrogens with one attached hydrogen (secondary N) is 1. The van der Waals surface area contributed by atoms with Crippen molar-refractivity contribution in [3.05, 3.63) is 36.0 Å². The molecule has 0 unspecified atom stereocenters. The third-order valence-electron chi connectivity index (χ3n) is 2.58. The zero-order valence-corrected chi connectivity index (χ0v) is 13.2. The van der Waals surface area contributed by atoms with E-state index in [4.69, 9.17) is 9.84 Å². The van der Waals surface area contributed by atoms with Crippen molar-refractivity contribution in [2.24, 2.45) is 0 Å². The van der Waals surface area contributed by atoms with E-state index < -0.39 is 17.6 Å². The molecule has 116 valence electrons. The lowest BCUT2D eigenvalue weighted by molar-refractivity contribution is 0.0911. The van der Waals surface area contributed by atoms with Gasteiger partial charge in [0.1, 0.15) is 0 Å². The molecular formula is C15H16N2O4S. The standard InChI is InChI=1S/C15H16N2O4S/c1-15(2,3)16-13(18)10-11(21-14(19)20)12(22-17-10)9-7-5-4-6-8-9/h4-8H,1-3H3,(H,16,18)(H,19,20). The Morgan fingerprint density at radius 2 is 1.86 bits per heavy atom. The molecular weight excluding hydrogens is 304 g/mol. The van der Waals surface area contributed by atoms with Gasteiger partial charge in [0.2, 0.25) is 0 Å². The average Bonchev–Trinajstić information content (AvgIpc) is 2.80. The number of hydrogen-bond donors (Lipinski definition) is 2. The molecule has 0 radical (unpaired) electrons. The molecule has 2 aromatic rings. The lowest BCUT2D eigenvalue weighted by atomic mass is 10.1. The predicted molar refractivity (Wildman–Crippen MR) is 83.4 cm³/mol. The third kappa shape index (κ3) is 3.82. The predicted octanol–water partition coefficient (Wildman–Crippen LogP) is 3.40. The van der Waals surface area contributed by atoms with E-state index in [1.807, 2.05) is 39.0 Å². The fourth-order valence-electron chi connectivity index (χ4n) is 1.78. The summed E-state index contributed by atoms with van der Waals surface area (Å²) in [5.74, 6) is -0.507. The minimum absolute atomic E-state index is 0.0267. The van der Waals surface area contributed by atoms with Gasteiger partial charge >= 0.3 is 6.16 Å². The van der Waals surface area contributed by atoms with Crippen LogP contribution in [0.1, 0.15) is 31.3 Å². The van der Waals surface area contributed by atoms with Crippen LogP contribution in [-0.4, -0.2) is 27.1 Å². The monoisotopic (exact) mass is 320 g/mol. The van der Waals surface area contributed by atoms with Gasteiger partial charge in [-0.05, 0) is 37.9 Å². The van der Waals surface area contributed by atoms with Crippen LogP contribution in [0, 0.1) is 0 Å². The summed E-state index contributed by atoms with van der Waals surface area (Å²) in [5, 5.41) is 11.7. The van der Waals surface area contributed by atoms with Crippen molar-refractivity contribution < 1.29 is 19.4 Å². The number of ether oxygens (including phenoxy) is 1. The average molecular weight is 320 g/mol. The first-order valence-electron chi connectivity index (χ1n) is 6.56. The lowest BCUT2D eigenvalue weighted by Crippen LogP contribution is -2.40. The molecule has 6 nitrogen and oxygen atoms in total. The number of rotatable bonds is 3. The summed E-state index contributed by atoms with van der Waals surface area (Å²) in [6, 6.07) is 9.07. The number of carboxylic acid groups (broad SMARTS) is 1. The molecule has 0 bridgehead atoms. The van der Waals surface area contributed by atoms with E-state index in [0.29, 0.717) is 4.88 Å². The normalized spacial score (nSPS) is 11.0. The summed E-state index contributed by atoms with van der Waals surface area (Å²) in [5.41, 5.74) is 0.251. The lowest BCUT2D eigenvalue weighted by Gasteiger charge is -2.19. The second kappa shape index (κ2) is 6.15. The number of benzene rings is 1. The maximum atomic E-state index is 12.3. The van der Waals surface area contributed by atoms with E-state index in [2.05, 4.69) is 9.69 Å². The molecule has 0 fully saturated rings. The molecule has 2 N–H and O–H groups in total. The van der Waals surface area contributed by atoms with Crippen molar-refractivity contribution >= 4 is 23.6 Å². The van der Waals surface area contributed by atoms with E-state index in [1.54, 1.807) is 12.1 Å². The second-order valence-corrected chi connectivity index (χ2v) is 6.40. The molecule has 7 heteroatoms. The van der Waals surface area contributed by atoms with Crippen LogP contribution in [0.15, 0.2) is 30.3 Å². The summed E-state index contributed by atoms with van der Waals surface area (Å²) in [6.07, 6.45) is -1.48. The highest BCUT2D eigenvalue weighted by Crippen LogP contribution is 2.37. The fraction of sp³-hybridized carbons (Fsp3) is 0.267. The Hall–Kier alpha value is -2.41. The molecule has 0 aliphatic carbocycles. The number of hydrogen-bond acceptors (Lipinski definition) is 5. The Balaban J connectivity index is 2.45. The van der Waals surface area contributed by atoms with Crippen LogP contribution in [0.3, 0.4) is 0 Å². The number of carbonyl (C=O) groups excluding carboxylic acids is 1. The van der Waals surface area contributed by atoms with Crippen LogP contribution in [0.5, 0.6) is 5.75 Å². The maximum Gasteiger partial charge on any atom is 0.511 e. The Bertz CT molecular complexity index is 689. The first-order valence-corrected chi connectivity index (χ1v) is 7.33. The SMILES string of the molecule is CC(C)(C)NC(=O)c1nsc(-c2ccccc2)c1OC(=O)O. The second-order valence-electron chi connectivity index (χ2n) is 5.63.